The van der Waals surface area contributed by atoms with Gasteiger partial charge in [-0.25, -0.2) is 0 Å². The van der Waals surface area contributed by atoms with Gasteiger partial charge in [0, 0.05) is 18.6 Å². The van der Waals surface area contributed by atoms with E-state index in [1.807, 2.05) is 0 Å². The van der Waals surface area contributed by atoms with Crippen molar-refractivity contribution in [1.82, 2.24) is 15.5 Å². The van der Waals surface area contributed by atoms with Crippen LogP contribution < -0.4 is 5.32 Å². The van der Waals surface area contributed by atoms with E-state index in [9.17, 15) is 4.79 Å². The summed E-state index contributed by atoms with van der Waals surface area (Å²) in [7, 11) is 1.61. The Labute approximate surface area is 96.7 Å². The first kappa shape index (κ1) is 12.2. The largest absolute Gasteiger partial charge is 0.383 e. The summed E-state index contributed by atoms with van der Waals surface area (Å²) in [5.74, 6) is -0.157. The van der Waals surface area contributed by atoms with Crippen molar-refractivity contribution >= 4 is 21.8 Å². The van der Waals surface area contributed by atoms with E-state index in [-0.39, 0.29) is 11.9 Å². The van der Waals surface area contributed by atoms with E-state index in [0.717, 1.165) is 11.8 Å². The first-order valence-corrected chi connectivity index (χ1v) is 5.75. The maximum atomic E-state index is 11.6. The maximum Gasteiger partial charge on any atom is 0.269 e. The fourth-order valence-electron chi connectivity index (χ4n) is 1.18. The van der Waals surface area contributed by atoms with Gasteiger partial charge in [-0.1, -0.05) is 15.9 Å². The predicted molar refractivity (Wildman–Crippen MR) is 60.1 cm³/mol. The molecule has 1 amide bonds. The summed E-state index contributed by atoms with van der Waals surface area (Å²) in [5, 5.41) is 10.0. The minimum Gasteiger partial charge on any atom is -0.383 e. The van der Waals surface area contributed by atoms with Crippen molar-refractivity contribution in [3.63, 3.8) is 0 Å². The first-order chi connectivity index (χ1) is 7.27. The van der Waals surface area contributed by atoms with Crippen LogP contribution in [0.25, 0.3) is 0 Å². The van der Waals surface area contributed by atoms with Crippen LogP contribution in [0.3, 0.4) is 0 Å². The molecule has 0 fully saturated rings. The van der Waals surface area contributed by atoms with Gasteiger partial charge < -0.3 is 10.1 Å². The molecule has 0 aromatic carbocycles. The molecule has 5 nitrogen and oxygen atoms in total. The number of alkyl halides is 1. The minimum atomic E-state index is -0.157. The average Bonchev–Trinajstić information content (AvgIpc) is 2.71. The summed E-state index contributed by atoms with van der Waals surface area (Å²) in [6, 6.07) is 1.65. The van der Waals surface area contributed by atoms with E-state index in [0.29, 0.717) is 12.3 Å². The molecule has 15 heavy (non-hydrogen) atoms. The van der Waals surface area contributed by atoms with Crippen molar-refractivity contribution in [2.75, 3.05) is 19.0 Å². The van der Waals surface area contributed by atoms with Crippen LogP contribution in [0.15, 0.2) is 12.3 Å². The highest BCUT2D eigenvalue weighted by Gasteiger charge is 2.13. The third-order valence-corrected chi connectivity index (χ3v) is 2.36. The smallest absolute Gasteiger partial charge is 0.269 e. The number of ether oxygens (including phenoxy) is 1. The number of hydrogen-bond acceptors (Lipinski definition) is 3. The third kappa shape index (κ3) is 4.01. The highest BCUT2D eigenvalue weighted by molar-refractivity contribution is 9.09. The van der Waals surface area contributed by atoms with Gasteiger partial charge in [-0.3, -0.25) is 9.89 Å². The van der Waals surface area contributed by atoms with Crippen LogP contribution in [-0.2, 0) is 4.74 Å². The third-order valence-electron chi connectivity index (χ3n) is 1.91. The number of hydrogen-bond donors (Lipinski definition) is 2. The number of halogens is 1. The average molecular weight is 276 g/mol. The second kappa shape index (κ2) is 6.58. The first-order valence-electron chi connectivity index (χ1n) is 4.63. The van der Waals surface area contributed by atoms with E-state index in [4.69, 9.17) is 4.74 Å². The highest BCUT2D eigenvalue weighted by Crippen LogP contribution is 1.99. The Morgan fingerprint density at radius 1 is 1.80 bits per heavy atom. The van der Waals surface area contributed by atoms with Crippen LogP contribution in [0, 0.1) is 0 Å². The molecule has 0 radical (unpaired) electrons. The van der Waals surface area contributed by atoms with Crippen LogP contribution in [0.5, 0.6) is 0 Å². The number of aromatic amines is 1. The molecule has 84 valence electrons. The molecular weight excluding hydrogens is 262 g/mol. The molecule has 0 saturated heterocycles. The quantitative estimate of drug-likeness (QED) is 0.760. The second-order valence-corrected chi connectivity index (χ2v) is 3.87. The summed E-state index contributed by atoms with van der Waals surface area (Å²) < 4.78 is 5.01. The SMILES string of the molecule is COCC(CCBr)NC(=O)c1ccn[nH]1. The molecule has 0 aliphatic heterocycles. The van der Waals surface area contributed by atoms with Crippen LogP contribution in [0.1, 0.15) is 16.9 Å². The monoisotopic (exact) mass is 275 g/mol. The number of H-pyrrole nitrogens is 1. The van der Waals surface area contributed by atoms with Crippen molar-refractivity contribution in [3.8, 4) is 0 Å². The van der Waals surface area contributed by atoms with Crippen molar-refractivity contribution in [2.24, 2.45) is 0 Å². The Kier molecular flexibility index (Phi) is 5.34. The van der Waals surface area contributed by atoms with Crippen LogP contribution in [0.4, 0.5) is 0 Å². The Balaban J connectivity index is 2.47. The van der Waals surface area contributed by atoms with Crippen LogP contribution in [-0.4, -0.2) is 41.2 Å². The lowest BCUT2D eigenvalue weighted by Crippen LogP contribution is -2.38. The second-order valence-electron chi connectivity index (χ2n) is 3.07. The molecule has 0 aliphatic rings. The summed E-state index contributed by atoms with van der Waals surface area (Å²) in [6.07, 6.45) is 2.37. The van der Waals surface area contributed by atoms with Gasteiger partial charge in [-0.05, 0) is 12.5 Å². The molecule has 1 rings (SSSR count). The zero-order valence-corrected chi connectivity index (χ0v) is 10.1. The van der Waals surface area contributed by atoms with Crippen molar-refractivity contribution in [3.05, 3.63) is 18.0 Å². The Bertz CT molecular complexity index is 284. The van der Waals surface area contributed by atoms with Crippen molar-refractivity contribution in [1.29, 1.82) is 0 Å². The molecule has 1 heterocycles. The molecule has 0 bridgehead atoms. The molecule has 2 N–H and O–H groups in total. The summed E-state index contributed by atoms with van der Waals surface area (Å²) >= 11 is 3.33. The minimum absolute atomic E-state index is 0.0187. The Hall–Kier alpha value is -0.880. The van der Waals surface area contributed by atoms with Gasteiger partial charge in [0.1, 0.15) is 5.69 Å². The number of carbonyl (C=O) groups excluding carboxylic acids is 1. The number of amides is 1. The van der Waals surface area contributed by atoms with Gasteiger partial charge in [-0.2, -0.15) is 5.10 Å². The molecular formula is C9H14BrN3O2. The number of methoxy groups -OCH3 is 1. The number of nitrogens with zero attached hydrogens (tertiary/aromatic N) is 1. The standard InChI is InChI=1S/C9H14BrN3O2/c1-15-6-7(2-4-10)12-9(14)8-3-5-11-13-8/h3,5,7H,2,4,6H2,1H3,(H,11,13)(H,12,14). The fourth-order valence-corrected chi connectivity index (χ4v) is 1.73. The van der Waals surface area contributed by atoms with Crippen LogP contribution in [0.2, 0.25) is 0 Å². The number of nitrogens with one attached hydrogen (secondary N) is 2. The molecule has 1 unspecified atom stereocenters. The maximum absolute atomic E-state index is 11.6. The van der Waals surface area contributed by atoms with E-state index < -0.39 is 0 Å². The van der Waals surface area contributed by atoms with E-state index >= 15 is 0 Å². The summed E-state index contributed by atoms with van der Waals surface area (Å²) in [6.45, 7) is 0.505. The summed E-state index contributed by atoms with van der Waals surface area (Å²) in [5.41, 5.74) is 0.464. The number of carbonyl (C=O) groups is 1. The lowest BCUT2D eigenvalue weighted by molar-refractivity contribution is 0.0890. The lowest BCUT2D eigenvalue weighted by Gasteiger charge is -2.15. The molecule has 6 heteroatoms. The predicted octanol–water partition coefficient (Wildman–Crippen LogP) is 0.940. The molecule has 1 aromatic rings. The van der Waals surface area contributed by atoms with Gasteiger partial charge >= 0.3 is 0 Å². The van der Waals surface area contributed by atoms with E-state index in [1.54, 1.807) is 19.4 Å². The fraction of sp³-hybridized carbons (Fsp3) is 0.556. The normalized spacial score (nSPS) is 12.4. The molecule has 0 spiro atoms. The lowest BCUT2D eigenvalue weighted by atomic mass is 10.2. The molecule has 1 atom stereocenters. The van der Waals surface area contributed by atoms with Crippen molar-refractivity contribution in [2.45, 2.75) is 12.5 Å². The Morgan fingerprint density at radius 2 is 2.60 bits per heavy atom. The zero-order valence-electron chi connectivity index (χ0n) is 8.50. The topological polar surface area (TPSA) is 67.0 Å². The van der Waals surface area contributed by atoms with Gasteiger partial charge in [0.25, 0.3) is 5.91 Å². The van der Waals surface area contributed by atoms with E-state index in [2.05, 4.69) is 31.4 Å². The molecule has 0 aliphatic carbocycles. The van der Waals surface area contributed by atoms with Gasteiger partial charge in [0.2, 0.25) is 0 Å². The van der Waals surface area contributed by atoms with E-state index in [1.165, 1.54) is 0 Å². The van der Waals surface area contributed by atoms with Crippen LogP contribution >= 0.6 is 15.9 Å². The van der Waals surface area contributed by atoms with Gasteiger partial charge in [-0.15, -0.1) is 0 Å². The van der Waals surface area contributed by atoms with Gasteiger partial charge in [0.05, 0.1) is 12.6 Å². The highest BCUT2D eigenvalue weighted by atomic mass is 79.9. The molecule has 1 aromatic heterocycles. The number of rotatable bonds is 6. The molecule has 0 saturated carbocycles. The van der Waals surface area contributed by atoms with Gasteiger partial charge in [0.15, 0.2) is 0 Å². The van der Waals surface area contributed by atoms with Crippen molar-refractivity contribution < 1.29 is 9.53 Å². The number of aromatic nitrogens is 2. The zero-order chi connectivity index (χ0) is 11.1. The Morgan fingerprint density at radius 3 is 3.13 bits per heavy atom. The summed E-state index contributed by atoms with van der Waals surface area (Å²) in [4.78, 5) is 11.6.